The van der Waals surface area contributed by atoms with E-state index in [2.05, 4.69) is 96.4 Å². The first kappa shape index (κ1) is 47.2. The van der Waals surface area contributed by atoms with Crippen LogP contribution < -0.4 is 21.2 Å². The van der Waals surface area contributed by atoms with Crippen LogP contribution in [0.2, 0.25) is 0 Å². The van der Waals surface area contributed by atoms with Crippen molar-refractivity contribution in [3.05, 3.63) is 192 Å². The minimum absolute atomic E-state index is 0.0851. The van der Waals surface area contributed by atoms with Crippen LogP contribution in [0, 0.1) is 23.3 Å². The predicted octanol–water partition coefficient (Wildman–Crippen LogP) is 15.2. The SMILES string of the molecule is CCCCN(P(c1ccccc1F)c1ccccc1F)P1CCC(c2ccc(P(c3ccccc3F)N(CCCC)P3[C@H](c4ccccc4)CC[C@H]3c3ccccc3)c(F)c2)[C@H]1CC. The molecule has 0 aliphatic carbocycles. The number of hydrogen-bond donors (Lipinski definition) is 0. The Morgan fingerprint density at radius 3 is 1.38 bits per heavy atom. The quantitative estimate of drug-likeness (QED) is 0.0626. The van der Waals surface area contributed by atoms with Crippen molar-refractivity contribution in [1.82, 2.24) is 8.88 Å². The molecule has 6 aromatic rings. The number of hydrogen-bond acceptors (Lipinski definition) is 2. The molecule has 2 aliphatic heterocycles. The molecule has 0 radical (unpaired) electrons. The molecule has 0 aromatic heterocycles. The maximum Gasteiger partial charge on any atom is 0.132 e. The predicted molar refractivity (Wildman–Crippen MR) is 269 cm³/mol. The average Bonchev–Trinajstić information content (AvgIpc) is 3.96. The highest BCUT2D eigenvalue weighted by molar-refractivity contribution is 7.80. The first-order chi connectivity index (χ1) is 31.3. The summed E-state index contributed by atoms with van der Waals surface area (Å²) < 4.78 is 71.0. The Balaban J connectivity index is 1.20. The Morgan fingerprint density at radius 2 is 0.922 bits per heavy atom. The normalized spacial score (nSPS) is 20.8. The molecule has 2 heterocycles. The van der Waals surface area contributed by atoms with Gasteiger partial charge in [-0.3, -0.25) is 8.88 Å². The molecule has 6 aromatic carbocycles. The lowest BCUT2D eigenvalue weighted by molar-refractivity contribution is 0.597. The summed E-state index contributed by atoms with van der Waals surface area (Å²) in [6.45, 7) is 8.07. The molecule has 3 unspecified atom stereocenters. The third-order valence-corrected chi connectivity index (χ3v) is 26.1. The van der Waals surface area contributed by atoms with Gasteiger partial charge in [0.1, 0.15) is 23.3 Å². The summed E-state index contributed by atoms with van der Waals surface area (Å²) in [5.74, 6) is -1.09. The molecule has 10 heteroatoms. The van der Waals surface area contributed by atoms with Crippen LogP contribution in [-0.4, -0.2) is 33.8 Å². The van der Waals surface area contributed by atoms with Gasteiger partial charge in [0.25, 0.3) is 0 Å². The lowest BCUT2D eigenvalue weighted by Gasteiger charge is -2.42. The third kappa shape index (κ3) is 10.2. The summed E-state index contributed by atoms with van der Waals surface area (Å²) in [6.07, 6.45) is 8.48. The van der Waals surface area contributed by atoms with Crippen molar-refractivity contribution in [2.45, 2.75) is 95.0 Å². The van der Waals surface area contributed by atoms with E-state index in [1.54, 1.807) is 24.3 Å². The number of benzene rings is 6. The van der Waals surface area contributed by atoms with Crippen LogP contribution in [0.5, 0.6) is 0 Å². The maximum atomic E-state index is 17.7. The van der Waals surface area contributed by atoms with E-state index in [-0.39, 0.29) is 46.2 Å². The summed E-state index contributed by atoms with van der Waals surface area (Å²) >= 11 is 0. The molecule has 6 atom stereocenters. The lowest BCUT2D eigenvalue weighted by Crippen LogP contribution is -2.31. The molecule has 0 N–H and O–H groups in total. The van der Waals surface area contributed by atoms with E-state index in [1.807, 2.05) is 42.5 Å². The standard InChI is InChI=1S/C54H60F4N2P4/c1-4-7-36-59(63(51-28-18-15-25-44(51)55)52-29-19-16-26-45(52)56)61-38-35-43(48(61)6-3)42-31-32-54(47(58)39-42)64(53-30-20-17-27-46(53)57)60(37-8-5-2)62-49(40-21-11-9-12-22-40)33-34-50(62)41-23-13-10-14-24-41/h9-32,39,43,48-50H,4-8,33-38H2,1-3H3/t43?,48-,49+,50+,61?,64?/m1/s1. The van der Waals surface area contributed by atoms with Crippen LogP contribution in [0.4, 0.5) is 17.6 Å². The van der Waals surface area contributed by atoms with Crippen LogP contribution >= 0.6 is 32.3 Å². The van der Waals surface area contributed by atoms with Crippen LogP contribution in [0.1, 0.15) is 106 Å². The zero-order chi connectivity index (χ0) is 44.6. The van der Waals surface area contributed by atoms with E-state index < -0.39 is 32.3 Å². The van der Waals surface area contributed by atoms with E-state index in [0.717, 1.165) is 76.2 Å². The smallest absolute Gasteiger partial charge is 0.132 e. The number of halogens is 4. The molecule has 2 nitrogen and oxygen atoms in total. The van der Waals surface area contributed by atoms with Gasteiger partial charge in [0.05, 0.1) is 0 Å². The van der Waals surface area contributed by atoms with Gasteiger partial charge in [-0.05, 0) is 138 Å². The molecule has 0 amide bonds. The Morgan fingerprint density at radius 1 is 0.484 bits per heavy atom. The molecular weight excluding hydrogens is 876 g/mol. The summed E-state index contributed by atoms with van der Waals surface area (Å²) in [7, 11) is -4.89. The van der Waals surface area contributed by atoms with Gasteiger partial charge in [0, 0.05) is 61.8 Å². The summed E-state index contributed by atoms with van der Waals surface area (Å²) in [5.41, 5.74) is 4.30. The van der Waals surface area contributed by atoms with Crippen LogP contribution in [0.3, 0.4) is 0 Å². The van der Waals surface area contributed by atoms with Crippen LogP contribution in [0.15, 0.2) is 152 Å². The van der Waals surface area contributed by atoms with Crippen molar-refractivity contribution in [2.24, 2.45) is 0 Å². The molecule has 2 fully saturated rings. The number of nitrogens with zero attached hydrogens (tertiary/aromatic N) is 2. The molecule has 334 valence electrons. The fourth-order valence-corrected chi connectivity index (χ4v) is 24.7. The molecule has 2 saturated heterocycles. The maximum absolute atomic E-state index is 17.7. The van der Waals surface area contributed by atoms with Gasteiger partial charge >= 0.3 is 0 Å². The Bertz CT molecular complexity index is 2330. The van der Waals surface area contributed by atoms with E-state index in [4.69, 9.17) is 0 Å². The van der Waals surface area contributed by atoms with Gasteiger partial charge in [0.15, 0.2) is 0 Å². The van der Waals surface area contributed by atoms with Crippen molar-refractivity contribution in [3.8, 4) is 0 Å². The third-order valence-electron chi connectivity index (χ3n) is 13.0. The fourth-order valence-electron chi connectivity index (χ4n) is 9.93. The number of rotatable bonds is 18. The summed E-state index contributed by atoms with van der Waals surface area (Å²) in [4.78, 5) is 0. The van der Waals surface area contributed by atoms with Crippen LogP contribution in [0.25, 0.3) is 0 Å². The van der Waals surface area contributed by atoms with E-state index in [0.29, 0.717) is 21.2 Å². The molecule has 8 rings (SSSR count). The molecule has 64 heavy (non-hydrogen) atoms. The first-order valence-corrected chi connectivity index (χ1v) is 28.7. The fraction of sp³-hybridized carbons (Fsp3) is 0.333. The second kappa shape index (κ2) is 22.4. The average molecular weight is 937 g/mol. The van der Waals surface area contributed by atoms with Crippen molar-refractivity contribution in [2.75, 3.05) is 19.3 Å². The van der Waals surface area contributed by atoms with Crippen molar-refractivity contribution in [1.29, 1.82) is 0 Å². The lowest BCUT2D eigenvalue weighted by atomic mass is 9.92. The molecule has 0 spiro atoms. The summed E-state index contributed by atoms with van der Waals surface area (Å²) in [6, 6.07) is 48.3. The topological polar surface area (TPSA) is 6.48 Å². The van der Waals surface area contributed by atoms with Gasteiger partial charge < -0.3 is 0 Å². The molecule has 2 aliphatic rings. The largest absolute Gasteiger partial charge is 0.252 e. The van der Waals surface area contributed by atoms with Crippen LogP contribution in [-0.2, 0) is 0 Å². The first-order valence-electron chi connectivity index (χ1n) is 23.2. The zero-order valence-corrected chi connectivity index (χ0v) is 40.8. The highest BCUT2D eigenvalue weighted by atomic mass is 31.2. The Kier molecular flexibility index (Phi) is 16.5. The van der Waals surface area contributed by atoms with Crippen molar-refractivity contribution in [3.63, 3.8) is 0 Å². The summed E-state index contributed by atoms with van der Waals surface area (Å²) in [5, 5.41) is 2.26. The van der Waals surface area contributed by atoms with Crippen molar-refractivity contribution < 1.29 is 17.6 Å². The highest BCUT2D eigenvalue weighted by Gasteiger charge is 2.46. The van der Waals surface area contributed by atoms with E-state index in [9.17, 15) is 0 Å². The monoisotopic (exact) mass is 936 g/mol. The minimum atomic E-state index is -1.60. The van der Waals surface area contributed by atoms with Gasteiger partial charge in [-0.2, -0.15) is 0 Å². The van der Waals surface area contributed by atoms with Gasteiger partial charge in [0.2, 0.25) is 0 Å². The second-order valence-corrected chi connectivity index (χ2v) is 26.7. The minimum Gasteiger partial charge on any atom is -0.252 e. The van der Waals surface area contributed by atoms with Gasteiger partial charge in [-0.1, -0.05) is 137 Å². The second-order valence-electron chi connectivity index (χ2n) is 16.9. The molecule has 0 saturated carbocycles. The van der Waals surface area contributed by atoms with Crippen molar-refractivity contribution >= 4 is 53.5 Å². The Labute approximate surface area is 384 Å². The zero-order valence-electron chi connectivity index (χ0n) is 37.2. The number of unbranched alkanes of at least 4 members (excludes halogenated alkanes) is 2. The molecular formula is C54H60F4N2P4. The highest BCUT2D eigenvalue weighted by Crippen LogP contribution is 2.76. The van der Waals surface area contributed by atoms with E-state index >= 15 is 17.6 Å². The van der Waals surface area contributed by atoms with E-state index in [1.165, 1.54) is 29.3 Å². The van der Waals surface area contributed by atoms with Gasteiger partial charge in [-0.15, -0.1) is 0 Å². The van der Waals surface area contributed by atoms with Gasteiger partial charge in [-0.25, -0.2) is 17.6 Å². The molecule has 0 bridgehead atoms. The Hall–Kier alpha value is -3.32.